The first-order valence-corrected chi connectivity index (χ1v) is 12.2. The molecule has 0 fully saturated rings. The number of carbonyl (C=O) groups is 1. The van der Waals surface area contributed by atoms with Crippen molar-refractivity contribution in [2.45, 2.75) is 37.4 Å². The van der Waals surface area contributed by atoms with Crippen molar-refractivity contribution < 1.29 is 4.79 Å². The van der Waals surface area contributed by atoms with E-state index in [-0.39, 0.29) is 23.9 Å². The van der Waals surface area contributed by atoms with Gasteiger partial charge < -0.3 is 4.90 Å². The molecular weight excluding hydrogens is 434 g/mol. The molecule has 0 saturated carbocycles. The Morgan fingerprint density at radius 1 is 1.15 bits per heavy atom. The van der Waals surface area contributed by atoms with E-state index in [1.807, 2.05) is 54.3 Å². The summed E-state index contributed by atoms with van der Waals surface area (Å²) in [6, 6.07) is 15.9. The molecule has 1 unspecified atom stereocenters. The average Bonchev–Trinajstić information content (AvgIpc) is 3.44. The van der Waals surface area contributed by atoms with Crippen LogP contribution in [0.1, 0.15) is 30.0 Å². The SMILES string of the molecule is Cc1ccc(-n2ncc3c(=O)n4c(nc32)SCC4CC(=O)N2CCCc3ccccc32)cc1. The van der Waals surface area contributed by atoms with Crippen LogP contribution in [0.4, 0.5) is 5.69 Å². The Labute approximate surface area is 195 Å². The van der Waals surface area contributed by atoms with Gasteiger partial charge in [0.15, 0.2) is 10.8 Å². The lowest BCUT2D eigenvalue weighted by atomic mass is 10.0. The third-order valence-corrected chi connectivity index (χ3v) is 7.57. The van der Waals surface area contributed by atoms with Crippen LogP contribution in [0.2, 0.25) is 0 Å². The molecule has 166 valence electrons. The molecule has 0 N–H and O–H groups in total. The summed E-state index contributed by atoms with van der Waals surface area (Å²) in [5.74, 6) is 0.719. The Hall–Kier alpha value is -3.39. The highest BCUT2D eigenvalue weighted by Gasteiger charge is 2.32. The van der Waals surface area contributed by atoms with E-state index in [1.165, 1.54) is 17.3 Å². The summed E-state index contributed by atoms with van der Waals surface area (Å²) in [6.45, 7) is 2.75. The normalized spacial score (nSPS) is 17.2. The van der Waals surface area contributed by atoms with Crippen molar-refractivity contribution in [1.82, 2.24) is 19.3 Å². The summed E-state index contributed by atoms with van der Waals surface area (Å²) < 4.78 is 3.41. The molecule has 2 aromatic carbocycles. The summed E-state index contributed by atoms with van der Waals surface area (Å²) in [5.41, 5.74) is 4.66. The smallest absolute Gasteiger partial charge is 0.265 e. The van der Waals surface area contributed by atoms with Gasteiger partial charge in [0, 0.05) is 24.4 Å². The number of amides is 1. The highest BCUT2D eigenvalue weighted by Crippen LogP contribution is 2.35. The second kappa shape index (κ2) is 7.88. The van der Waals surface area contributed by atoms with Gasteiger partial charge in [-0.05, 0) is 43.5 Å². The van der Waals surface area contributed by atoms with Crippen LogP contribution in [-0.2, 0) is 11.2 Å². The molecule has 8 heteroatoms. The highest BCUT2D eigenvalue weighted by atomic mass is 32.2. The minimum Gasteiger partial charge on any atom is -0.312 e. The van der Waals surface area contributed by atoms with Gasteiger partial charge in [-0.1, -0.05) is 47.7 Å². The maximum absolute atomic E-state index is 13.4. The summed E-state index contributed by atoms with van der Waals surface area (Å²) in [4.78, 5) is 33.4. The van der Waals surface area contributed by atoms with Gasteiger partial charge in [0.1, 0.15) is 5.39 Å². The van der Waals surface area contributed by atoms with Gasteiger partial charge in [-0.2, -0.15) is 5.10 Å². The van der Waals surface area contributed by atoms with Crippen molar-refractivity contribution in [3.8, 4) is 5.69 Å². The van der Waals surface area contributed by atoms with Gasteiger partial charge in [0.05, 0.1) is 17.9 Å². The molecule has 2 aromatic heterocycles. The molecule has 1 amide bonds. The van der Waals surface area contributed by atoms with Crippen molar-refractivity contribution in [3.05, 3.63) is 76.2 Å². The highest BCUT2D eigenvalue weighted by molar-refractivity contribution is 7.99. The van der Waals surface area contributed by atoms with Gasteiger partial charge in [0.25, 0.3) is 5.56 Å². The number of benzene rings is 2. The fraction of sp³-hybridized carbons (Fsp3) is 0.280. The van der Waals surface area contributed by atoms with Crippen molar-refractivity contribution in [2.75, 3.05) is 17.2 Å². The minimum absolute atomic E-state index is 0.0583. The second-order valence-corrected chi connectivity index (χ2v) is 9.63. The largest absolute Gasteiger partial charge is 0.312 e. The number of hydrogen-bond donors (Lipinski definition) is 0. The Kier molecular flexibility index (Phi) is 4.83. The standard InChI is InChI=1S/C25H23N5O2S/c1-16-8-10-18(11-9-16)30-23-20(14-26-30)24(32)29-19(15-33-25(29)27-23)13-22(31)28-12-4-6-17-5-2-3-7-21(17)28/h2-3,5,7-11,14,19H,4,6,12-13,15H2,1H3. The number of rotatable bonds is 3. The van der Waals surface area contributed by atoms with Gasteiger partial charge >= 0.3 is 0 Å². The fourth-order valence-electron chi connectivity index (χ4n) is 4.76. The molecular formula is C25H23N5O2S. The number of para-hydroxylation sites is 1. The lowest BCUT2D eigenvalue weighted by Gasteiger charge is -2.30. The van der Waals surface area contributed by atoms with Crippen LogP contribution < -0.4 is 10.5 Å². The number of aryl methyl sites for hydroxylation is 2. The summed E-state index contributed by atoms with van der Waals surface area (Å²) in [5, 5.41) is 5.56. The average molecular weight is 458 g/mol. The zero-order valence-electron chi connectivity index (χ0n) is 18.3. The molecule has 0 aliphatic carbocycles. The Bertz CT molecular complexity index is 1440. The van der Waals surface area contributed by atoms with Gasteiger partial charge in [-0.3, -0.25) is 14.2 Å². The topological polar surface area (TPSA) is 73.0 Å². The van der Waals surface area contributed by atoms with Crippen molar-refractivity contribution in [3.63, 3.8) is 0 Å². The van der Waals surface area contributed by atoms with E-state index >= 15 is 0 Å². The van der Waals surface area contributed by atoms with Crippen molar-refractivity contribution in [2.24, 2.45) is 0 Å². The summed E-state index contributed by atoms with van der Waals surface area (Å²) in [7, 11) is 0. The molecule has 1 atom stereocenters. The summed E-state index contributed by atoms with van der Waals surface area (Å²) >= 11 is 1.53. The maximum atomic E-state index is 13.4. The van der Waals surface area contributed by atoms with Crippen LogP contribution in [0.5, 0.6) is 0 Å². The molecule has 4 aromatic rings. The molecule has 7 nitrogen and oxygen atoms in total. The molecule has 6 rings (SSSR count). The number of thioether (sulfide) groups is 1. The van der Waals surface area contributed by atoms with Gasteiger partial charge in [0.2, 0.25) is 5.91 Å². The maximum Gasteiger partial charge on any atom is 0.265 e. The zero-order chi connectivity index (χ0) is 22.5. The van der Waals surface area contributed by atoms with E-state index in [4.69, 9.17) is 4.98 Å². The zero-order valence-corrected chi connectivity index (χ0v) is 19.1. The Morgan fingerprint density at radius 2 is 1.97 bits per heavy atom. The fourth-order valence-corrected chi connectivity index (χ4v) is 5.89. The summed E-state index contributed by atoms with van der Waals surface area (Å²) in [6.07, 6.45) is 3.82. The quantitative estimate of drug-likeness (QED) is 0.436. The van der Waals surface area contributed by atoms with Crippen LogP contribution in [0.25, 0.3) is 16.7 Å². The molecule has 0 radical (unpaired) electrons. The number of fused-ring (bicyclic) bond motifs is 3. The van der Waals surface area contributed by atoms with Crippen LogP contribution in [-0.4, -0.2) is 37.5 Å². The Morgan fingerprint density at radius 3 is 2.82 bits per heavy atom. The molecule has 2 aliphatic rings. The lowest BCUT2D eigenvalue weighted by Crippen LogP contribution is -2.37. The first-order valence-electron chi connectivity index (χ1n) is 11.2. The Balaban J connectivity index is 1.33. The molecule has 0 spiro atoms. The predicted octanol–water partition coefficient (Wildman–Crippen LogP) is 3.91. The van der Waals surface area contributed by atoms with E-state index in [0.29, 0.717) is 21.9 Å². The van der Waals surface area contributed by atoms with Crippen LogP contribution in [0.15, 0.2) is 64.7 Å². The van der Waals surface area contributed by atoms with E-state index < -0.39 is 0 Å². The van der Waals surface area contributed by atoms with Crippen molar-refractivity contribution >= 4 is 34.4 Å². The van der Waals surface area contributed by atoms with Crippen molar-refractivity contribution in [1.29, 1.82) is 0 Å². The van der Waals surface area contributed by atoms with E-state index in [1.54, 1.807) is 15.4 Å². The van der Waals surface area contributed by atoms with E-state index in [2.05, 4.69) is 11.2 Å². The van der Waals surface area contributed by atoms with Gasteiger partial charge in [-0.15, -0.1) is 0 Å². The third-order valence-electron chi connectivity index (χ3n) is 6.47. The van der Waals surface area contributed by atoms with E-state index in [9.17, 15) is 9.59 Å². The van der Waals surface area contributed by atoms with Crippen LogP contribution >= 0.6 is 11.8 Å². The molecule has 33 heavy (non-hydrogen) atoms. The molecule has 2 aliphatic heterocycles. The number of hydrogen-bond acceptors (Lipinski definition) is 5. The lowest BCUT2D eigenvalue weighted by molar-refractivity contribution is -0.119. The number of nitrogens with zero attached hydrogens (tertiary/aromatic N) is 5. The second-order valence-electron chi connectivity index (χ2n) is 8.65. The number of anilines is 1. The minimum atomic E-state index is -0.210. The number of carbonyl (C=O) groups excluding carboxylic acids is 1. The molecule has 0 saturated heterocycles. The third kappa shape index (κ3) is 3.36. The predicted molar refractivity (Wildman–Crippen MR) is 129 cm³/mol. The van der Waals surface area contributed by atoms with Crippen LogP contribution in [0.3, 0.4) is 0 Å². The number of aromatic nitrogens is 4. The first kappa shape index (κ1) is 20.2. The molecule has 4 heterocycles. The monoisotopic (exact) mass is 457 g/mol. The van der Waals surface area contributed by atoms with Crippen LogP contribution in [0, 0.1) is 6.92 Å². The van der Waals surface area contributed by atoms with E-state index in [0.717, 1.165) is 36.3 Å². The molecule has 0 bridgehead atoms. The van der Waals surface area contributed by atoms with Gasteiger partial charge in [-0.25, -0.2) is 9.67 Å². The first-order chi connectivity index (χ1) is 16.1.